The lowest BCUT2D eigenvalue weighted by molar-refractivity contribution is -0.145. The lowest BCUT2D eigenvalue weighted by Crippen LogP contribution is -2.60. The monoisotopic (exact) mass is 693 g/mol. The van der Waals surface area contributed by atoms with Gasteiger partial charge in [-0.25, -0.2) is 4.79 Å². The molecule has 1 heterocycles. The van der Waals surface area contributed by atoms with Gasteiger partial charge >= 0.3 is 6.09 Å². The van der Waals surface area contributed by atoms with E-state index in [1.54, 1.807) is 25.7 Å². The van der Waals surface area contributed by atoms with Crippen LogP contribution in [-0.2, 0) is 35.3 Å². The van der Waals surface area contributed by atoms with Crippen molar-refractivity contribution in [1.29, 1.82) is 0 Å². The first-order valence-corrected chi connectivity index (χ1v) is 18.4. The van der Waals surface area contributed by atoms with Gasteiger partial charge in [0.1, 0.15) is 17.7 Å². The summed E-state index contributed by atoms with van der Waals surface area (Å²) in [7, 11) is 0. The number of ketones is 1. The summed E-state index contributed by atoms with van der Waals surface area (Å²) in [5, 5.41) is 10.9. The molecule has 3 aliphatic carbocycles. The minimum Gasteiger partial charge on any atom is -0.444 e. The van der Waals surface area contributed by atoms with Gasteiger partial charge in [-0.1, -0.05) is 82.7 Å². The van der Waals surface area contributed by atoms with Gasteiger partial charge in [0.05, 0.1) is 12.6 Å². The molecule has 3 unspecified atom stereocenters. The largest absolute Gasteiger partial charge is 0.444 e. The van der Waals surface area contributed by atoms with Gasteiger partial charge in [-0.2, -0.15) is 0 Å². The molecule has 0 aromatic heterocycles. The molecule has 12 heteroatoms. The van der Waals surface area contributed by atoms with Gasteiger partial charge in [0, 0.05) is 13.1 Å². The van der Waals surface area contributed by atoms with Crippen LogP contribution in [0.2, 0.25) is 0 Å². The normalized spacial score (nSPS) is 24.1. The lowest BCUT2D eigenvalue weighted by Gasteiger charge is -2.37. The molecule has 4 N–H and O–H groups in total. The van der Waals surface area contributed by atoms with E-state index < -0.39 is 53.3 Å². The fourth-order valence-electron chi connectivity index (χ4n) is 8.09. The Hall–Kier alpha value is -3.96. The Bertz CT molecular complexity index is 1430. The second-order valence-corrected chi connectivity index (χ2v) is 16.3. The summed E-state index contributed by atoms with van der Waals surface area (Å²) in [4.78, 5) is 82.2. The molecule has 0 radical (unpaired) electrons. The van der Waals surface area contributed by atoms with E-state index in [0.717, 1.165) is 56.9 Å². The minimum absolute atomic E-state index is 0.0843. The third-order valence-electron chi connectivity index (χ3n) is 11.2. The molecule has 1 aromatic rings. The third kappa shape index (κ3) is 9.03. The van der Waals surface area contributed by atoms with Crippen LogP contribution in [0.5, 0.6) is 0 Å². The Morgan fingerprint density at radius 1 is 0.900 bits per heavy atom. The highest BCUT2D eigenvalue weighted by atomic mass is 16.6. The highest BCUT2D eigenvalue weighted by molar-refractivity contribution is 6.38. The molecule has 5 amide bonds. The molecule has 4 fully saturated rings. The quantitative estimate of drug-likeness (QED) is 0.230. The first-order chi connectivity index (χ1) is 23.7. The van der Waals surface area contributed by atoms with Gasteiger partial charge in [0.15, 0.2) is 0 Å². The summed E-state index contributed by atoms with van der Waals surface area (Å²) in [5.41, 5.74) is -0.0280. The van der Waals surface area contributed by atoms with Crippen molar-refractivity contribution in [2.24, 2.45) is 29.1 Å². The first kappa shape index (κ1) is 37.3. The van der Waals surface area contributed by atoms with Crippen LogP contribution in [0.3, 0.4) is 0 Å². The van der Waals surface area contributed by atoms with Crippen molar-refractivity contribution in [2.75, 3.05) is 13.1 Å². The zero-order valence-electron chi connectivity index (χ0n) is 30.2. The molecule has 12 nitrogen and oxygen atoms in total. The van der Waals surface area contributed by atoms with E-state index in [1.165, 1.54) is 0 Å². The standard InChI is InChI=1S/C38H55N5O7/c1-37(2,3)50-36(49)42-30(25-17-10-7-11-18-25)35(48)43-22-26-29(38(26,4)5)31(43)33(46)41-27(19-23-15-12-16-23)32(45)34(47)40-21-28(44)39-20-24-13-8-6-9-14-24/h6,8-9,13-14,23,25-27,29-31H,7,10-12,15-22H2,1-5H3,(H,39,44)(H,40,47)(H,41,46)(H,42,49)/t26?,27?,29?,30-,31-/m0/s1. The average molecular weight is 694 g/mol. The lowest BCUT2D eigenvalue weighted by atomic mass is 9.80. The summed E-state index contributed by atoms with van der Waals surface area (Å²) in [5.74, 6) is -2.90. The van der Waals surface area contributed by atoms with Gasteiger partial charge in [-0.05, 0) is 74.7 Å². The van der Waals surface area contributed by atoms with E-state index in [9.17, 15) is 28.8 Å². The highest BCUT2D eigenvalue weighted by Gasteiger charge is 2.69. The number of rotatable bonds is 13. The topological polar surface area (TPSA) is 163 Å². The molecule has 0 spiro atoms. The fraction of sp³-hybridized carbons (Fsp3) is 0.684. The van der Waals surface area contributed by atoms with Crippen LogP contribution in [0.4, 0.5) is 4.79 Å². The number of Topliss-reactive ketones (excluding diaryl/α,β-unsaturated/α-hetero) is 1. The zero-order valence-corrected chi connectivity index (χ0v) is 30.2. The number of likely N-dealkylation sites (tertiary alicyclic amines) is 1. The highest BCUT2D eigenvalue weighted by Crippen LogP contribution is 2.65. The Morgan fingerprint density at radius 3 is 2.20 bits per heavy atom. The van der Waals surface area contributed by atoms with Crippen molar-refractivity contribution in [3.63, 3.8) is 0 Å². The number of fused-ring (bicyclic) bond motifs is 1. The zero-order chi connectivity index (χ0) is 36.2. The predicted octanol–water partition coefficient (Wildman–Crippen LogP) is 3.62. The summed E-state index contributed by atoms with van der Waals surface area (Å²) in [6, 6.07) is 6.55. The SMILES string of the molecule is CC(C)(C)OC(=O)N[C@H](C(=O)N1CC2C([C@H]1C(=O)NC(CC1CCC1)C(=O)C(=O)NCC(=O)NCc1ccccc1)C2(C)C)C1CCCCC1. The van der Waals surface area contributed by atoms with Gasteiger partial charge in [-0.3, -0.25) is 24.0 Å². The van der Waals surface area contributed by atoms with Crippen molar-refractivity contribution < 1.29 is 33.5 Å². The van der Waals surface area contributed by atoms with Gasteiger partial charge in [0.25, 0.3) is 5.91 Å². The summed E-state index contributed by atoms with van der Waals surface area (Å²) in [6.45, 7) is 9.73. The second-order valence-electron chi connectivity index (χ2n) is 16.3. The fourth-order valence-corrected chi connectivity index (χ4v) is 8.09. The summed E-state index contributed by atoms with van der Waals surface area (Å²) < 4.78 is 5.53. The number of nitrogens with zero attached hydrogens (tertiary/aromatic N) is 1. The smallest absolute Gasteiger partial charge is 0.408 e. The van der Waals surface area contributed by atoms with Crippen LogP contribution < -0.4 is 21.3 Å². The van der Waals surface area contributed by atoms with Crippen LogP contribution in [0.25, 0.3) is 0 Å². The van der Waals surface area contributed by atoms with Gasteiger partial charge in [-0.15, -0.1) is 0 Å². The van der Waals surface area contributed by atoms with E-state index in [2.05, 4.69) is 35.1 Å². The average Bonchev–Trinajstić information content (AvgIpc) is 3.36. The Morgan fingerprint density at radius 2 is 1.58 bits per heavy atom. The first-order valence-electron chi connectivity index (χ1n) is 18.4. The minimum atomic E-state index is -1.09. The number of ether oxygens (including phenoxy) is 1. The molecule has 5 atom stereocenters. The molecule has 1 aromatic carbocycles. The molecule has 5 rings (SSSR count). The third-order valence-corrected chi connectivity index (χ3v) is 11.2. The van der Waals surface area contributed by atoms with E-state index in [1.807, 2.05) is 30.3 Å². The molecule has 4 aliphatic rings. The number of hydrogen-bond acceptors (Lipinski definition) is 7. The second kappa shape index (κ2) is 15.5. The molecular formula is C38H55N5O7. The van der Waals surface area contributed by atoms with Crippen LogP contribution in [-0.4, -0.2) is 77.2 Å². The number of alkyl carbamates (subject to hydrolysis) is 1. The maximum absolute atomic E-state index is 14.4. The van der Waals surface area contributed by atoms with Crippen molar-refractivity contribution in [2.45, 2.75) is 123 Å². The molecule has 1 saturated heterocycles. The van der Waals surface area contributed by atoms with Crippen molar-refractivity contribution in [1.82, 2.24) is 26.2 Å². The molecule has 274 valence electrons. The summed E-state index contributed by atoms with van der Waals surface area (Å²) >= 11 is 0. The van der Waals surface area contributed by atoms with E-state index >= 15 is 0 Å². The van der Waals surface area contributed by atoms with Crippen LogP contribution in [0, 0.1) is 29.1 Å². The Balaban J connectivity index is 1.27. The van der Waals surface area contributed by atoms with E-state index in [0.29, 0.717) is 13.0 Å². The molecular weight excluding hydrogens is 638 g/mol. The number of piperidine rings is 1. The number of amides is 5. The van der Waals surface area contributed by atoms with E-state index in [-0.39, 0.29) is 48.1 Å². The molecule has 3 saturated carbocycles. The van der Waals surface area contributed by atoms with Crippen LogP contribution in [0.15, 0.2) is 30.3 Å². The van der Waals surface area contributed by atoms with Gasteiger partial charge < -0.3 is 30.9 Å². The van der Waals surface area contributed by atoms with Crippen molar-refractivity contribution in [3.05, 3.63) is 35.9 Å². The van der Waals surface area contributed by atoms with E-state index in [4.69, 9.17) is 4.74 Å². The number of carbonyl (C=O) groups excluding carboxylic acids is 6. The molecule has 50 heavy (non-hydrogen) atoms. The van der Waals surface area contributed by atoms with Crippen molar-refractivity contribution >= 4 is 35.5 Å². The number of carbonyl (C=O) groups is 6. The molecule has 0 bridgehead atoms. The number of hydrogen-bond donors (Lipinski definition) is 4. The maximum Gasteiger partial charge on any atom is 0.408 e. The van der Waals surface area contributed by atoms with Crippen LogP contribution >= 0.6 is 0 Å². The Labute approximate surface area is 295 Å². The van der Waals surface area contributed by atoms with Crippen LogP contribution in [0.1, 0.15) is 98.0 Å². The molecule has 1 aliphatic heterocycles. The Kier molecular flexibility index (Phi) is 11.6. The van der Waals surface area contributed by atoms with Gasteiger partial charge in [0.2, 0.25) is 23.5 Å². The van der Waals surface area contributed by atoms with Crippen molar-refractivity contribution in [3.8, 4) is 0 Å². The number of benzene rings is 1. The number of nitrogens with one attached hydrogen (secondary N) is 4. The maximum atomic E-state index is 14.4. The predicted molar refractivity (Wildman–Crippen MR) is 186 cm³/mol. The summed E-state index contributed by atoms with van der Waals surface area (Å²) in [6.07, 6.45) is 6.99.